The zero-order valence-corrected chi connectivity index (χ0v) is 9.87. The summed E-state index contributed by atoms with van der Waals surface area (Å²) in [6.07, 6.45) is 0.422. The highest BCUT2D eigenvalue weighted by Gasteiger charge is 2.26. The second kappa shape index (κ2) is 7.55. The molecule has 0 spiro atoms. The topological polar surface area (TPSA) is 113 Å². The molecule has 1 atom stereocenters. The van der Waals surface area contributed by atoms with Crippen molar-refractivity contribution in [2.45, 2.75) is 18.6 Å². The minimum absolute atomic E-state index is 0.0816. The first-order valence-corrected chi connectivity index (χ1v) is 6.36. The van der Waals surface area contributed by atoms with Crippen LogP contribution in [0.4, 0.5) is 0 Å². The molecule has 0 rings (SSSR count). The van der Waals surface area contributed by atoms with Crippen molar-refractivity contribution >= 4 is 16.0 Å². The molecule has 16 heavy (non-hydrogen) atoms. The predicted molar refractivity (Wildman–Crippen MR) is 56.5 cm³/mol. The summed E-state index contributed by atoms with van der Waals surface area (Å²) < 4.78 is 29.6. The molecule has 0 aromatic heterocycles. The van der Waals surface area contributed by atoms with E-state index in [1.807, 2.05) is 0 Å². The Labute approximate surface area is 94.5 Å². The molecule has 0 bridgehead atoms. The molecule has 0 radical (unpaired) electrons. The lowest BCUT2D eigenvalue weighted by molar-refractivity contribution is -0.136. The van der Waals surface area contributed by atoms with Gasteiger partial charge in [-0.3, -0.25) is 4.79 Å². The van der Waals surface area contributed by atoms with Crippen LogP contribution in [0.5, 0.6) is 0 Å². The molecule has 0 aliphatic carbocycles. The van der Waals surface area contributed by atoms with Crippen molar-refractivity contribution in [3.05, 3.63) is 0 Å². The molecule has 7 nitrogen and oxygen atoms in total. The third kappa shape index (κ3) is 6.01. The van der Waals surface area contributed by atoms with Crippen LogP contribution >= 0.6 is 0 Å². The fourth-order valence-electron chi connectivity index (χ4n) is 0.813. The summed E-state index contributed by atoms with van der Waals surface area (Å²) in [5.74, 6) is -1.39. The summed E-state index contributed by atoms with van der Waals surface area (Å²) in [6.45, 7) is 1.66. The molecule has 0 aliphatic rings. The number of sulfonamides is 1. The van der Waals surface area contributed by atoms with Crippen molar-refractivity contribution in [1.29, 1.82) is 0 Å². The van der Waals surface area contributed by atoms with Gasteiger partial charge in [-0.15, -0.1) is 0 Å². The summed E-state index contributed by atoms with van der Waals surface area (Å²) in [4.78, 5) is 10.4. The molecule has 0 heterocycles. The maximum Gasteiger partial charge on any atom is 0.323 e. The average molecular weight is 255 g/mol. The van der Waals surface area contributed by atoms with Crippen LogP contribution in [0.1, 0.15) is 13.3 Å². The lowest BCUT2D eigenvalue weighted by Gasteiger charge is -2.09. The number of nitrogens with one attached hydrogen (secondary N) is 1. The monoisotopic (exact) mass is 255 g/mol. The zero-order chi connectivity index (χ0) is 12.6. The lowest BCUT2D eigenvalue weighted by atomic mass is 10.5. The van der Waals surface area contributed by atoms with E-state index in [-0.39, 0.29) is 19.8 Å². The van der Waals surface area contributed by atoms with Gasteiger partial charge in [0.05, 0.1) is 13.2 Å². The van der Waals surface area contributed by atoms with Crippen molar-refractivity contribution in [2.24, 2.45) is 0 Å². The molecule has 0 saturated carbocycles. The van der Waals surface area contributed by atoms with Crippen LogP contribution < -0.4 is 4.72 Å². The van der Waals surface area contributed by atoms with Gasteiger partial charge in [0.2, 0.25) is 10.0 Å². The van der Waals surface area contributed by atoms with Crippen molar-refractivity contribution in [1.82, 2.24) is 4.72 Å². The second-order valence-electron chi connectivity index (χ2n) is 3.11. The van der Waals surface area contributed by atoms with Crippen molar-refractivity contribution in [2.75, 3.05) is 26.4 Å². The van der Waals surface area contributed by atoms with Crippen LogP contribution in [0.25, 0.3) is 0 Å². The number of hydrogen-bond donors (Lipinski definition) is 3. The first-order valence-electron chi connectivity index (χ1n) is 4.81. The van der Waals surface area contributed by atoms with Gasteiger partial charge in [-0.1, -0.05) is 0 Å². The molecular weight excluding hydrogens is 238 g/mol. The van der Waals surface area contributed by atoms with Crippen molar-refractivity contribution < 1.29 is 28.2 Å². The number of hydrogen-bond acceptors (Lipinski definition) is 5. The standard InChI is InChI=1S/C8H17NO6S/c1-7(8(11)12)16(13,14)9-3-2-5-15-6-4-10/h7,9-10H,2-6H2,1H3,(H,11,12). The largest absolute Gasteiger partial charge is 0.480 e. The number of ether oxygens (including phenoxy) is 1. The number of carboxylic acid groups (broad SMARTS) is 1. The van der Waals surface area contributed by atoms with Crippen molar-refractivity contribution in [3.8, 4) is 0 Å². The van der Waals surface area contributed by atoms with Gasteiger partial charge in [-0.2, -0.15) is 0 Å². The Hall–Kier alpha value is -0.700. The molecule has 3 N–H and O–H groups in total. The van der Waals surface area contributed by atoms with E-state index in [0.29, 0.717) is 13.0 Å². The summed E-state index contributed by atoms with van der Waals surface area (Å²) in [6, 6.07) is 0. The average Bonchev–Trinajstić information content (AvgIpc) is 2.22. The molecular formula is C8H17NO6S. The first-order chi connectivity index (χ1) is 7.41. The van der Waals surface area contributed by atoms with Gasteiger partial charge in [0, 0.05) is 13.2 Å². The molecule has 0 aromatic rings. The Bertz CT molecular complexity index is 302. The van der Waals surface area contributed by atoms with E-state index in [2.05, 4.69) is 4.72 Å². The maximum atomic E-state index is 11.3. The van der Waals surface area contributed by atoms with Gasteiger partial charge in [-0.05, 0) is 13.3 Å². The van der Waals surface area contributed by atoms with Crippen LogP contribution in [0, 0.1) is 0 Å². The van der Waals surface area contributed by atoms with Crippen LogP contribution in [-0.2, 0) is 19.6 Å². The highest BCUT2D eigenvalue weighted by Crippen LogP contribution is 1.98. The Morgan fingerprint density at radius 3 is 2.56 bits per heavy atom. The van der Waals surface area contributed by atoms with Gasteiger partial charge in [0.1, 0.15) is 0 Å². The highest BCUT2D eigenvalue weighted by atomic mass is 32.2. The van der Waals surface area contributed by atoms with E-state index in [1.54, 1.807) is 0 Å². The van der Waals surface area contributed by atoms with Crippen LogP contribution in [-0.4, -0.2) is 56.2 Å². The van der Waals surface area contributed by atoms with E-state index < -0.39 is 21.2 Å². The first kappa shape index (κ1) is 15.3. The number of aliphatic carboxylic acids is 1. The fourth-order valence-corrected chi connectivity index (χ4v) is 1.76. The fraction of sp³-hybridized carbons (Fsp3) is 0.875. The summed E-state index contributed by atoms with van der Waals surface area (Å²) in [7, 11) is -3.81. The Morgan fingerprint density at radius 1 is 1.44 bits per heavy atom. The highest BCUT2D eigenvalue weighted by molar-refractivity contribution is 7.90. The molecule has 0 aliphatic heterocycles. The van der Waals surface area contributed by atoms with E-state index in [1.165, 1.54) is 0 Å². The van der Waals surface area contributed by atoms with E-state index in [4.69, 9.17) is 14.9 Å². The molecule has 0 aromatic carbocycles. The second-order valence-corrected chi connectivity index (χ2v) is 5.20. The summed E-state index contributed by atoms with van der Waals surface area (Å²) in [5.41, 5.74) is 0. The van der Waals surface area contributed by atoms with E-state index >= 15 is 0 Å². The molecule has 1 unspecified atom stereocenters. The molecule has 0 amide bonds. The molecule has 0 saturated heterocycles. The third-order valence-corrected chi connectivity index (χ3v) is 3.56. The van der Waals surface area contributed by atoms with Gasteiger partial charge in [-0.25, -0.2) is 13.1 Å². The minimum atomic E-state index is -3.81. The molecule has 0 fully saturated rings. The van der Waals surface area contributed by atoms with Crippen LogP contribution in [0.2, 0.25) is 0 Å². The number of carbonyl (C=O) groups is 1. The number of carboxylic acids is 1. The van der Waals surface area contributed by atoms with Crippen LogP contribution in [0.15, 0.2) is 0 Å². The predicted octanol–water partition coefficient (Wildman–Crippen LogP) is -1.22. The van der Waals surface area contributed by atoms with E-state index in [0.717, 1.165) is 6.92 Å². The Morgan fingerprint density at radius 2 is 2.06 bits per heavy atom. The quantitative estimate of drug-likeness (QED) is 0.445. The third-order valence-electron chi connectivity index (χ3n) is 1.82. The number of aliphatic hydroxyl groups is 1. The smallest absolute Gasteiger partial charge is 0.323 e. The number of aliphatic hydroxyl groups excluding tert-OH is 1. The van der Waals surface area contributed by atoms with Crippen molar-refractivity contribution in [3.63, 3.8) is 0 Å². The van der Waals surface area contributed by atoms with E-state index in [9.17, 15) is 13.2 Å². The van der Waals surface area contributed by atoms with Gasteiger partial charge >= 0.3 is 5.97 Å². The number of rotatable bonds is 9. The SMILES string of the molecule is CC(C(=O)O)S(=O)(=O)NCCCOCCO. The van der Waals surface area contributed by atoms with Gasteiger partial charge in [0.15, 0.2) is 5.25 Å². The summed E-state index contributed by atoms with van der Waals surface area (Å²) >= 11 is 0. The lowest BCUT2D eigenvalue weighted by Crippen LogP contribution is -2.38. The minimum Gasteiger partial charge on any atom is -0.480 e. The normalized spacial score (nSPS) is 13.6. The molecule has 96 valence electrons. The zero-order valence-electron chi connectivity index (χ0n) is 9.05. The van der Waals surface area contributed by atoms with Gasteiger partial charge in [0.25, 0.3) is 0 Å². The Kier molecular flexibility index (Phi) is 7.22. The van der Waals surface area contributed by atoms with Gasteiger partial charge < -0.3 is 14.9 Å². The molecule has 8 heteroatoms. The summed E-state index contributed by atoms with van der Waals surface area (Å²) in [5, 5.41) is 15.4. The maximum absolute atomic E-state index is 11.3. The Balaban J connectivity index is 3.79. The van der Waals surface area contributed by atoms with Crippen LogP contribution in [0.3, 0.4) is 0 Å².